The molecule has 0 radical (unpaired) electrons. The van der Waals surface area contributed by atoms with E-state index >= 15 is 0 Å². The number of pyridine rings is 1. The highest BCUT2D eigenvalue weighted by Gasteiger charge is 2.08. The summed E-state index contributed by atoms with van der Waals surface area (Å²) in [5.74, 6) is 0.876. The quantitative estimate of drug-likeness (QED) is 0.871. The van der Waals surface area contributed by atoms with Crippen LogP contribution in [-0.2, 0) is 0 Å². The van der Waals surface area contributed by atoms with E-state index in [2.05, 4.69) is 20.9 Å². The average Bonchev–Trinajstić information content (AvgIpc) is 2.41. The zero-order valence-corrected chi connectivity index (χ0v) is 13.1. The van der Waals surface area contributed by atoms with E-state index in [1.807, 2.05) is 55.3 Å². The van der Waals surface area contributed by atoms with Crippen LogP contribution in [-0.4, -0.2) is 17.0 Å². The summed E-state index contributed by atoms with van der Waals surface area (Å²) >= 11 is 8.45. The second kappa shape index (κ2) is 5.67. The lowest BCUT2D eigenvalue weighted by Gasteiger charge is -2.19. The van der Waals surface area contributed by atoms with E-state index < -0.39 is 0 Å². The molecule has 0 aliphatic carbocycles. The van der Waals surface area contributed by atoms with Crippen LogP contribution >= 0.6 is 28.1 Å². The molecule has 0 atom stereocenters. The number of rotatable bonds is 3. The van der Waals surface area contributed by atoms with Gasteiger partial charge in [-0.1, -0.05) is 24.4 Å². The van der Waals surface area contributed by atoms with Gasteiger partial charge in [0, 0.05) is 22.8 Å². The van der Waals surface area contributed by atoms with Crippen molar-refractivity contribution in [1.29, 1.82) is 0 Å². The molecule has 0 unspecified atom stereocenters. The van der Waals surface area contributed by atoms with Crippen LogP contribution in [0.15, 0.2) is 40.9 Å². The van der Waals surface area contributed by atoms with Gasteiger partial charge in [0.1, 0.15) is 10.8 Å². The standard InChI is InChI=1S/C14H14BrN3S/c1-9-12(15)6-7-13(17-9)18(2)11-5-3-4-10(8-11)14(16)19/h3-8H,1-2H3,(H2,16,19). The molecule has 2 rings (SSSR count). The Kier molecular flexibility index (Phi) is 4.17. The normalized spacial score (nSPS) is 10.3. The molecule has 0 aliphatic heterocycles. The highest BCUT2D eigenvalue weighted by Crippen LogP contribution is 2.25. The number of anilines is 2. The van der Waals surface area contributed by atoms with Crippen molar-refractivity contribution in [2.75, 3.05) is 11.9 Å². The molecular formula is C14H14BrN3S. The van der Waals surface area contributed by atoms with Crippen molar-refractivity contribution in [2.45, 2.75) is 6.92 Å². The number of nitrogens with zero attached hydrogens (tertiary/aromatic N) is 2. The number of thiocarbonyl (C=S) groups is 1. The van der Waals surface area contributed by atoms with Crippen LogP contribution in [0, 0.1) is 6.92 Å². The van der Waals surface area contributed by atoms with Crippen LogP contribution in [0.5, 0.6) is 0 Å². The molecule has 3 nitrogen and oxygen atoms in total. The minimum atomic E-state index is 0.398. The number of nitrogens with two attached hydrogens (primary N) is 1. The van der Waals surface area contributed by atoms with Crippen LogP contribution in [0.4, 0.5) is 11.5 Å². The molecule has 19 heavy (non-hydrogen) atoms. The van der Waals surface area contributed by atoms with E-state index in [-0.39, 0.29) is 0 Å². The van der Waals surface area contributed by atoms with Crippen LogP contribution in [0.3, 0.4) is 0 Å². The lowest BCUT2D eigenvalue weighted by atomic mass is 10.2. The maximum atomic E-state index is 5.66. The van der Waals surface area contributed by atoms with E-state index in [4.69, 9.17) is 18.0 Å². The van der Waals surface area contributed by atoms with Gasteiger partial charge in [-0.25, -0.2) is 4.98 Å². The zero-order chi connectivity index (χ0) is 14.0. The van der Waals surface area contributed by atoms with Gasteiger partial charge in [0.25, 0.3) is 0 Å². The number of hydrogen-bond donors (Lipinski definition) is 1. The maximum absolute atomic E-state index is 5.66. The van der Waals surface area contributed by atoms with Crippen molar-refractivity contribution in [2.24, 2.45) is 5.73 Å². The Morgan fingerprint density at radius 3 is 2.68 bits per heavy atom. The molecular weight excluding hydrogens is 322 g/mol. The van der Waals surface area contributed by atoms with E-state index in [1.54, 1.807) is 0 Å². The summed E-state index contributed by atoms with van der Waals surface area (Å²) in [4.78, 5) is 6.94. The first-order valence-electron chi connectivity index (χ1n) is 5.76. The first-order valence-corrected chi connectivity index (χ1v) is 6.96. The van der Waals surface area contributed by atoms with Crippen molar-refractivity contribution < 1.29 is 0 Å². The minimum Gasteiger partial charge on any atom is -0.389 e. The van der Waals surface area contributed by atoms with Crippen LogP contribution in [0.1, 0.15) is 11.3 Å². The summed E-state index contributed by atoms with van der Waals surface area (Å²) in [6.45, 7) is 1.97. The van der Waals surface area contributed by atoms with Gasteiger partial charge in [-0.3, -0.25) is 0 Å². The van der Waals surface area contributed by atoms with Crippen LogP contribution in [0.2, 0.25) is 0 Å². The van der Waals surface area contributed by atoms with Crippen molar-refractivity contribution in [3.05, 3.63) is 52.1 Å². The van der Waals surface area contributed by atoms with Crippen LogP contribution in [0.25, 0.3) is 0 Å². The summed E-state index contributed by atoms with van der Waals surface area (Å²) in [5, 5.41) is 0. The third-order valence-electron chi connectivity index (χ3n) is 2.87. The molecule has 0 saturated carbocycles. The highest BCUT2D eigenvalue weighted by molar-refractivity contribution is 9.10. The molecule has 0 bridgehead atoms. The van der Waals surface area contributed by atoms with Gasteiger partial charge in [-0.2, -0.15) is 0 Å². The number of hydrogen-bond acceptors (Lipinski definition) is 3. The zero-order valence-electron chi connectivity index (χ0n) is 10.7. The first-order chi connectivity index (χ1) is 8.99. The Balaban J connectivity index is 2.37. The number of aromatic nitrogens is 1. The second-order valence-corrected chi connectivity index (χ2v) is 5.50. The van der Waals surface area contributed by atoms with Crippen molar-refractivity contribution >= 4 is 44.6 Å². The summed E-state index contributed by atoms with van der Waals surface area (Å²) in [6, 6.07) is 11.8. The Hall–Kier alpha value is -1.46. The monoisotopic (exact) mass is 335 g/mol. The van der Waals surface area contributed by atoms with E-state index in [0.29, 0.717) is 4.99 Å². The summed E-state index contributed by atoms with van der Waals surface area (Å²) < 4.78 is 1.00. The lowest BCUT2D eigenvalue weighted by molar-refractivity contribution is 1.08. The minimum absolute atomic E-state index is 0.398. The van der Waals surface area contributed by atoms with Gasteiger partial charge in [0.05, 0.1) is 5.69 Å². The molecule has 0 spiro atoms. The second-order valence-electron chi connectivity index (χ2n) is 4.21. The molecule has 1 heterocycles. The molecule has 1 aromatic heterocycles. The van der Waals surface area contributed by atoms with Crippen molar-refractivity contribution in [3.63, 3.8) is 0 Å². The topological polar surface area (TPSA) is 42.2 Å². The predicted molar refractivity (Wildman–Crippen MR) is 87.1 cm³/mol. The fourth-order valence-electron chi connectivity index (χ4n) is 1.72. The highest BCUT2D eigenvalue weighted by atomic mass is 79.9. The predicted octanol–water partition coefficient (Wildman–Crippen LogP) is 3.55. The SMILES string of the molecule is Cc1nc(N(C)c2cccc(C(N)=S)c2)ccc1Br. The van der Waals surface area contributed by atoms with Gasteiger partial charge in [0.15, 0.2) is 0 Å². The molecule has 0 amide bonds. The van der Waals surface area contributed by atoms with E-state index in [9.17, 15) is 0 Å². The molecule has 2 N–H and O–H groups in total. The fourth-order valence-corrected chi connectivity index (χ4v) is 2.07. The summed E-state index contributed by atoms with van der Waals surface area (Å²) in [5.41, 5.74) is 8.46. The van der Waals surface area contributed by atoms with Crippen molar-refractivity contribution in [3.8, 4) is 0 Å². The van der Waals surface area contributed by atoms with E-state index in [1.165, 1.54) is 0 Å². The molecule has 0 fully saturated rings. The third kappa shape index (κ3) is 3.11. The Labute approximate surface area is 126 Å². The Bertz CT molecular complexity index is 628. The summed E-state index contributed by atoms with van der Waals surface area (Å²) in [6.07, 6.45) is 0. The number of benzene rings is 1. The smallest absolute Gasteiger partial charge is 0.133 e. The van der Waals surface area contributed by atoms with E-state index in [0.717, 1.165) is 27.2 Å². The molecule has 0 saturated heterocycles. The van der Waals surface area contributed by atoms with Gasteiger partial charge in [-0.15, -0.1) is 0 Å². The molecule has 98 valence electrons. The van der Waals surface area contributed by atoms with Gasteiger partial charge < -0.3 is 10.6 Å². The average molecular weight is 336 g/mol. The number of aryl methyl sites for hydroxylation is 1. The first kappa shape index (κ1) is 14.0. The van der Waals surface area contributed by atoms with Gasteiger partial charge in [-0.05, 0) is 47.1 Å². The Morgan fingerprint density at radius 2 is 2.05 bits per heavy atom. The lowest BCUT2D eigenvalue weighted by Crippen LogP contribution is -2.14. The van der Waals surface area contributed by atoms with Gasteiger partial charge >= 0.3 is 0 Å². The van der Waals surface area contributed by atoms with Crippen LogP contribution < -0.4 is 10.6 Å². The molecule has 0 aliphatic rings. The summed E-state index contributed by atoms with van der Waals surface area (Å²) in [7, 11) is 1.97. The molecule has 1 aromatic carbocycles. The third-order valence-corrected chi connectivity index (χ3v) is 3.94. The van der Waals surface area contributed by atoms with Crippen molar-refractivity contribution in [1.82, 2.24) is 4.98 Å². The number of halogens is 1. The molecule has 5 heteroatoms. The molecule has 2 aromatic rings. The Morgan fingerprint density at radius 1 is 1.32 bits per heavy atom. The fraction of sp³-hybridized carbons (Fsp3) is 0.143. The maximum Gasteiger partial charge on any atom is 0.133 e. The largest absolute Gasteiger partial charge is 0.389 e. The van der Waals surface area contributed by atoms with Gasteiger partial charge in [0.2, 0.25) is 0 Å².